The smallest absolute Gasteiger partial charge is 0.336 e. The Morgan fingerprint density at radius 3 is 2.71 bits per heavy atom. The van der Waals surface area contributed by atoms with Crippen molar-refractivity contribution in [1.29, 1.82) is 0 Å². The molecule has 0 aromatic heterocycles. The summed E-state index contributed by atoms with van der Waals surface area (Å²) < 4.78 is 17.0. The Balaban J connectivity index is 1.71. The first-order valence-corrected chi connectivity index (χ1v) is 11.8. The summed E-state index contributed by atoms with van der Waals surface area (Å²) in [5.41, 5.74) is 4.38. The van der Waals surface area contributed by atoms with Crippen molar-refractivity contribution in [3.05, 3.63) is 81.2 Å². The standard InChI is InChI=1S/C27H28ClNO5/c1-4-33-27(31)24-16(2)29-20-9-6-10-21(30)26(20)25(24)18-11-12-22(23(14-18)32-3)34-15-17-7-5-8-19(28)13-17/h5,7-8,11-14,25,29H,4,6,9-10,15H2,1-3H3/t25-/m0/s1. The molecule has 0 fully saturated rings. The molecular formula is C27H28ClNO5. The zero-order valence-corrected chi connectivity index (χ0v) is 20.3. The van der Waals surface area contributed by atoms with Gasteiger partial charge in [-0.05, 0) is 62.1 Å². The molecule has 34 heavy (non-hydrogen) atoms. The van der Waals surface area contributed by atoms with Gasteiger partial charge in [-0.15, -0.1) is 0 Å². The van der Waals surface area contributed by atoms with E-state index in [1.54, 1.807) is 14.0 Å². The molecule has 7 heteroatoms. The van der Waals surface area contributed by atoms with Crippen LogP contribution >= 0.6 is 11.6 Å². The fourth-order valence-electron chi connectivity index (χ4n) is 4.57. The number of halogens is 1. The van der Waals surface area contributed by atoms with Gasteiger partial charge in [-0.2, -0.15) is 0 Å². The fourth-order valence-corrected chi connectivity index (χ4v) is 4.78. The Morgan fingerprint density at radius 2 is 1.97 bits per heavy atom. The quantitative estimate of drug-likeness (QED) is 0.529. The number of hydrogen-bond acceptors (Lipinski definition) is 6. The normalized spacial score (nSPS) is 17.8. The van der Waals surface area contributed by atoms with Crippen molar-refractivity contribution < 1.29 is 23.8 Å². The number of hydrogen-bond donors (Lipinski definition) is 1. The van der Waals surface area contributed by atoms with E-state index in [0.717, 1.165) is 29.7 Å². The summed E-state index contributed by atoms with van der Waals surface area (Å²) in [6.45, 7) is 4.19. The summed E-state index contributed by atoms with van der Waals surface area (Å²) in [6.07, 6.45) is 2.02. The number of esters is 1. The van der Waals surface area contributed by atoms with Gasteiger partial charge < -0.3 is 19.5 Å². The highest BCUT2D eigenvalue weighted by atomic mass is 35.5. The van der Waals surface area contributed by atoms with E-state index in [0.29, 0.717) is 46.4 Å². The Bertz CT molecular complexity index is 1180. The lowest BCUT2D eigenvalue weighted by Gasteiger charge is -2.34. The second kappa shape index (κ2) is 10.3. The van der Waals surface area contributed by atoms with Gasteiger partial charge in [-0.25, -0.2) is 4.79 Å². The van der Waals surface area contributed by atoms with E-state index >= 15 is 0 Å². The number of allylic oxidation sites excluding steroid dienone is 3. The highest BCUT2D eigenvalue weighted by Crippen LogP contribution is 2.44. The number of carbonyl (C=O) groups excluding carboxylic acids is 2. The van der Waals surface area contributed by atoms with E-state index in [1.165, 1.54) is 0 Å². The van der Waals surface area contributed by atoms with Crippen LogP contribution in [0, 0.1) is 0 Å². The van der Waals surface area contributed by atoms with E-state index in [-0.39, 0.29) is 12.4 Å². The summed E-state index contributed by atoms with van der Waals surface area (Å²) >= 11 is 6.07. The maximum absolute atomic E-state index is 13.0. The second-order valence-electron chi connectivity index (χ2n) is 8.32. The number of nitrogens with one attached hydrogen (secondary N) is 1. The summed E-state index contributed by atoms with van der Waals surface area (Å²) in [7, 11) is 1.57. The van der Waals surface area contributed by atoms with E-state index in [1.807, 2.05) is 49.4 Å². The topological polar surface area (TPSA) is 73.9 Å². The van der Waals surface area contributed by atoms with Crippen molar-refractivity contribution >= 4 is 23.4 Å². The number of ketones is 1. The molecule has 0 spiro atoms. The lowest BCUT2D eigenvalue weighted by Crippen LogP contribution is -2.34. The molecule has 0 unspecified atom stereocenters. The van der Waals surface area contributed by atoms with Crippen molar-refractivity contribution in [3.8, 4) is 11.5 Å². The molecule has 1 aliphatic heterocycles. The summed E-state index contributed by atoms with van der Waals surface area (Å²) in [4.78, 5) is 26.0. The zero-order chi connectivity index (χ0) is 24.2. The van der Waals surface area contributed by atoms with Crippen LogP contribution in [-0.2, 0) is 20.9 Å². The van der Waals surface area contributed by atoms with Gasteiger partial charge in [0.1, 0.15) is 6.61 Å². The van der Waals surface area contributed by atoms with Crippen LogP contribution in [0.2, 0.25) is 5.02 Å². The van der Waals surface area contributed by atoms with Crippen LogP contribution in [0.3, 0.4) is 0 Å². The van der Waals surface area contributed by atoms with Crippen molar-refractivity contribution in [3.63, 3.8) is 0 Å². The second-order valence-corrected chi connectivity index (χ2v) is 8.75. The van der Waals surface area contributed by atoms with Crippen molar-refractivity contribution in [1.82, 2.24) is 5.32 Å². The van der Waals surface area contributed by atoms with Crippen LogP contribution in [0.25, 0.3) is 0 Å². The zero-order valence-electron chi connectivity index (χ0n) is 19.6. The third-order valence-corrected chi connectivity index (χ3v) is 6.31. The highest BCUT2D eigenvalue weighted by Gasteiger charge is 2.39. The van der Waals surface area contributed by atoms with Gasteiger partial charge in [0.25, 0.3) is 0 Å². The van der Waals surface area contributed by atoms with Gasteiger partial charge in [0.15, 0.2) is 17.3 Å². The van der Waals surface area contributed by atoms with Crippen LogP contribution in [0.15, 0.2) is 65.0 Å². The Labute approximate surface area is 204 Å². The summed E-state index contributed by atoms with van der Waals surface area (Å²) in [5.74, 6) is 0.169. The Morgan fingerprint density at radius 1 is 1.15 bits per heavy atom. The number of rotatable bonds is 7. The third-order valence-electron chi connectivity index (χ3n) is 6.08. The summed E-state index contributed by atoms with van der Waals surface area (Å²) in [6, 6.07) is 13.0. The number of carbonyl (C=O) groups is 2. The van der Waals surface area contributed by atoms with Crippen LogP contribution in [-0.4, -0.2) is 25.5 Å². The van der Waals surface area contributed by atoms with E-state index < -0.39 is 11.9 Å². The van der Waals surface area contributed by atoms with Gasteiger partial charge in [-0.3, -0.25) is 4.79 Å². The van der Waals surface area contributed by atoms with Crippen molar-refractivity contribution in [2.45, 2.75) is 45.6 Å². The number of benzene rings is 2. The Hall–Kier alpha value is -3.25. The van der Waals surface area contributed by atoms with Crippen LogP contribution < -0.4 is 14.8 Å². The first-order valence-electron chi connectivity index (χ1n) is 11.4. The number of dihydropyridines is 1. The predicted molar refractivity (Wildman–Crippen MR) is 130 cm³/mol. The van der Waals surface area contributed by atoms with Gasteiger partial charge in [0.2, 0.25) is 0 Å². The molecule has 1 heterocycles. The van der Waals surface area contributed by atoms with Crippen LogP contribution in [0.5, 0.6) is 11.5 Å². The largest absolute Gasteiger partial charge is 0.493 e. The van der Waals surface area contributed by atoms with Crippen molar-refractivity contribution in [2.24, 2.45) is 0 Å². The van der Waals surface area contributed by atoms with E-state index in [9.17, 15) is 9.59 Å². The van der Waals surface area contributed by atoms with E-state index in [4.69, 9.17) is 25.8 Å². The first kappa shape index (κ1) is 23.9. The molecule has 0 amide bonds. The monoisotopic (exact) mass is 481 g/mol. The maximum Gasteiger partial charge on any atom is 0.336 e. The molecule has 4 rings (SSSR count). The predicted octanol–water partition coefficient (Wildman–Crippen LogP) is 5.46. The molecule has 1 aliphatic carbocycles. The van der Waals surface area contributed by atoms with Crippen LogP contribution in [0.4, 0.5) is 0 Å². The number of Topliss-reactive ketones (excluding diaryl/α,β-unsaturated/α-hetero) is 1. The molecule has 178 valence electrons. The molecule has 1 N–H and O–H groups in total. The van der Waals surface area contributed by atoms with Crippen LogP contribution in [0.1, 0.15) is 50.2 Å². The molecule has 6 nitrogen and oxygen atoms in total. The molecule has 1 atom stereocenters. The Kier molecular flexibility index (Phi) is 7.27. The van der Waals surface area contributed by atoms with Gasteiger partial charge in [-0.1, -0.05) is 29.8 Å². The molecule has 0 saturated heterocycles. The highest BCUT2D eigenvalue weighted by molar-refractivity contribution is 6.30. The maximum atomic E-state index is 13.0. The first-order chi connectivity index (χ1) is 16.4. The van der Waals surface area contributed by atoms with Gasteiger partial charge >= 0.3 is 5.97 Å². The lowest BCUT2D eigenvalue weighted by molar-refractivity contribution is -0.138. The number of methoxy groups -OCH3 is 1. The average molecular weight is 482 g/mol. The lowest BCUT2D eigenvalue weighted by atomic mass is 9.75. The molecule has 0 radical (unpaired) electrons. The average Bonchev–Trinajstić information content (AvgIpc) is 2.82. The number of ether oxygens (including phenoxy) is 3. The van der Waals surface area contributed by atoms with Gasteiger partial charge in [0.05, 0.1) is 19.3 Å². The minimum atomic E-state index is -0.529. The van der Waals surface area contributed by atoms with Crippen molar-refractivity contribution in [2.75, 3.05) is 13.7 Å². The minimum Gasteiger partial charge on any atom is -0.493 e. The SMILES string of the molecule is CCOC(=O)C1=C(C)NC2=C(C(=O)CCC2)[C@H]1c1ccc(OCc2cccc(Cl)c2)c(OC)c1. The minimum absolute atomic E-state index is 0.0494. The molecular weight excluding hydrogens is 454 g/mol. The molecule has 0 saturated carbocycles. The third kappa shape index (κ3) is 4.82. The molecule has 2 aliphatic rings. The molecule has 2 aromatic carbocycles. The van der Waals surface area contributed by atoms with E-state index in [2.05, 4.69) is 5.32 Å². The molecule has 2 aromatic rings. The molecule has 0 bridgehead atoms. The fraction of sp³-hybridized carbons (Fsp3) is 0.333. The summed E-state index contributed by atoms with van der Waals surface area (Å²) in [5, 5.41) is 3.93. The van der Waals surface area contributed by atoms with Gasteiger partial charge in [0, 0.05) is 34.3 Å².